The van der Waals surface area contributed by atoms with Crippen molar-refractivity contribution in [3.63, 3.8) is 0 Å². The molecule has 0 saturated carbocycles. The minimum absolute atomic E-state index is 0.103. The fourth-order valence-corrected chi connectivity index (χ4v) is 1.86. The Balaban J connectivity index is 2.11. The zero-order chi connectivity index (χ0) is 13.0. The van der Waals surface area contributed by atoms with Gasteiger partial charge in [0.05, 0.1) is 18.8 Å². The molecule has 2 rings (SSSR count). The monoisotopic (exact) mass is 247 g/mol. The van der Waals surface area contributed by atoms with Crippen LogP contribution in [0.1, 0.15) is 32.1 Å². The lowest BCUT2D eigenvalue weighted by Crippen LogP contribution is -2.23. The number of nitrogens with one attached hydrogen (secondary N) is 1. The van der Waals surface area contributed by atoms with E-state index in [0.29, 0.717) is 6.61 Å². The Bertz CT molecular complexity index is 459. The van der Waals surface area contributed by atoms with Gasteiger partial charge in [-0.2, -0.15) is 0 Å². The van der Waals surface area contributed by atoms with E-state index in [-0.39, 0.29) is 12.1 Å². The summed E-state index contributed by atoms with van der Waals surface area (Å²) in [5, 5.41) is 4.38. The SMILES string of the molecule is CCC(C)OCC(NC)c1cc2ccccc2o1. The lowest BCUT2D eigenvalue weighted by Gasteiger charge is -2.17. The number of ether oxygens (including phenoxy) is 1. The van der Waals surface area contributed by atoms with E-state index in [9.17, 15) is 0 Å². The molecule has 2 atom stereocenters. The number of furan rings is 1. The second kappa shape index (κ2) is 6.03. The molecule has 98 valence electrons. The molecule has 0 spiro atoms. The molecule has 0 saturated heterocycles. The van der Waals surface area contributed by atoms with Gasteiger partial charge >= 0.3 is 0 Å². The van der Waals surface area contributed by atoms with E-state index >= 15 is 0 Å². The Morgan fingerprint density at radius 3 is 2.78 bits per heavy atom. The van der Waals surface area contributed by atoms with Gasteiger partial charge in [-0.1, -0.05) is 25.1 Å². The molecule has 18 heavy (non-hydrogen) atoms. The van der Waals surface area contributed by atoms with Crippen molar-refractivity contribution in [2.24, 2.45) is 0 Å². The standard InChI is InChI=1S/C15H21NO2/c1-4-11(2)17-10-13(16-3)15-9-12-7-5-6-8-14(12)18-15/h5-9,11,13,16H,4,10H2,1-3H3. The Kier molecular flexibility index (Phi) is 4.39. The van der Waals surface area contributed by atoms with Crippen molar-refractivity contribution >= 4 is 11.0 Å². The molecule has 1 aromatic heterocycles. The largest absolute Gasteiger partial charge is 0.459 e. The van der Waals surface area contributed by atoms with Crippen LogP contribution in [0.15, 0.2) is 34.7 Å². The van der Waals surface area contributed by atoms with Crippen LogP contribution in [-0.4, -0.2) is 19.8 Å². The molecular weight excluding hydrogens is 226 g/mol. The van der Waals surface area contributed by atoms with Crippen LogP contribution in [0.4, 0.5) is 0 Å². The van der Waals surface area contributed by atoms with Gasteiger partial charge in [-0.15, -0.1) is 0 Å². The summed E-state index contributed by atoms with van der Waals surface area (Å²) in [5.74, 6) is 0.932. The summed E-state index contributed by atoms with van der Waals surface area (Å²) >= 11 is 0. The number of hydrogen-bond donors (Lipinski definition) is 1. The smallest absolute Gasteiger partial charge is 0.134 e. The van der Waals surface area contributed by atoms with Gasteiger partial charge in [-0.3, -0.25) is 0 Å². The molecule has 0 amide bonds. The lowest BCUT2D eigenvalue weighted by molar-refractivity contribution is 0.0453. The van der Waals surface area contributed by atoms with Gasteiger partial charge in [0.1, 0.15) is 11.3 Å². The van der Waals surface area contributed by atoms with Crippen molar-refractivity contribution in [3.05, 3.63) is 36.1 Å². The third-order valence-corrected chi connectivity index (χ3v) is 3.26. The number of rotatable bonds is 6. The third kappa shape index (κ3) is 2.92. The highest BCUT2D eigenvalue weighted by atomic mass is 16.5. The number of hydrogen-bond acceptors (Lipinski definition) is 3. The van der Waals surface area contributed by atoms with Crippen molar-refractivity contribution in [3.8, 4) is 0 Å². The highest BCUT2D eigenvalue weighted by Gasteiger charge is 2.15. The summed E-state index contributed by atoms with van der Waals surface area (Å²) < 4.78 is 11.6. The van der Waals surface area contributed by atoms with Gasteiger partial charge in [-0.05, 0) is 32.5 Å². The normalized spacial score (nSPS) is 14.8. The van der Waals surface area contributed by atoms with E-state index in [4.69, 9.17) is 9.15 Å². The Hall–Kier alpha value is -1.32. The molecule has 0 fully saturated rings. The number of fused-ring (bicyclic) bond motifs is 1. The average Bonchev–Trinajstić information content (AvgIpc) is 2.82. The molecule has 0 radical (unpaired) electrons. The van der Waals surface area contributed by atoms with Gasteiger partial charge in [0.25, 0.3) is 0 Å². The first-order chi connectivity index (χ1) is 8.74. The first-order valence-corrected chi connectivity index (χ1v) is 6.52. The molecule has 3 heteroatoms. The van der Waals surface area contributed by atoms with Gasteiger partial charge < -0.3 is 14.5 Å². The van der Waals surface area contributed by atoms with Crippen LogP contribution in [0.5, 0.6) is 0 Å². The molecule has 1 N–H and O–H groups in total. The maximum atomic E-state index is 5.84. The van der Waals surface area contributed by atoms with Gasteiger partial charge in [0, 0.05) is 5.39 Å². The maximum Gasteiger partial charge on any atom is 0.134 e. The topological polar surface area (TPSA) is 34.4 Å². The lowest BCUT2D eigenvalue weighted by atomic mass is 10.2. The van der Waals surface area contributed by atoms with E-state index < -0.39 is 0 Å². The maximum absolute atomic E-state index is 5.84. The van der Waals surface area contributed by atoms with Gasteiger partial charge in [0.2, 0.25) is 0 Å². The van der Waals surface area contributed by atoms with Crippen molar-refractivity contribution in [2.75, 3.05) is 13.7 Å². The minimum atomic E-state index is 0.103. The first-order valence-electron chi connectivity index (χ1n) is 6.52. The van der Waals surface area contributed by atoms with Crippen LogP contribution in [0.3, 0.4) is 0 Å². The Labute approximate surface area is 108 Å². The van der Waals surface area contributed by atoms with Crippen LogP contribution in [0.25, 0.3) is 11.0 Å². The molecular formula is C15H21NO2. The number of para-hydroxylation sites is 1. The third-order valence-electron chi connectivity index (χ3n) is 3.26. The summed E-state index contributed by atoms with van der Waals surface area (Å²) in [4.78, 5) is 0. The van der Waals surface area contributed by atoms with Crippen LogP contribution in [-0.2, 0) is 4.74 Å². The predicted molar refractivity (Wildman–Crippen MR) is 73.7 cm³/mol. The summed E-state index contributed by atoms with van der Waals surface area (Å²) in [5.41, 5.74) is 0.927. The average molecular weight is 247 g/mol. The summed E-state index contributed by atoms with van der Waals surface area (Å²) in [6.45, 7) is 4.84. The summed E-state index contributed by atoms with van der Waals surface area (Å²) in [6, 6.07) is 10.2. The highest BCUT2D eigenvalue weighted by Crippen LogP contribution is 2.24. The van der Waals surface area contributed by atoms with Crippen molar-refractivity contribution in [1.82, 2.24) is 5.32 Å². The summed E-state index contributed by atoms with van der Waals surface area (Å²) in [7, 11) is 1.93. The van der Waals surface area contributed by atoms with Crippen LogP contribution in [0.2, 0.25) is 0 Å². The van der Waals surface area contributed by atoms with Gasteiger partial charge in [0.15, 0.2) is 0 Å². The Morgan fingerprint density at radius 2 is 2.11 bits per heavy atom. The molecule has 2 aromatic rings. The van der Waals surface area contributed by atoms with E-state index in [1.807, 2.05) is 25.2 Å². The second-order valence-corrected chi connectivity index (χ2v) is 4.58. The van der Waals surface area contributed by atoms with E-state index in [1.54, 1.807) is 0 Å². The molecule has 1 aromatic carbocycles. The number of likely N-dealkylation sites (N-methyl/N-ethyl adjacent to an activating group) is 1. The first kappa shape index (κ1) is 13.1. The van der Waals surface area contributed by atoms with E-state index in [1.165, 1.54) is 0 Å². The van der Waals surface area contributed by atoms with Crippen molar-refractivity contribution in [1.29, 1.82) is 0 Å². The summed E-state index contributed by atoms with van der Waals surface area (Å²) in [6.07, 6.45) is 1.31. The van der Waals surface area contributed by atoms with Crippen molar-refractivity contribution < 1.29 is 9.15 Å². The minimum Gasteiger partial charge on any atom is -0.459 e. The molecule has 0 aliphatic heterocycles. The quantitative estimate of drug-likeness (QED) is 0.848. The molecule has 0 bridgehead atoms. The zero-order valence-corrected chi connectivity index (χ0v) is 11.3. The fraction of sp³-hybridized carbons (Fsp3) is 0.467. The van der Waals surface area contributed by atoms with Crippen LogP contribution >= 0.6 is 0 Å². The highest BCUT2D eigenvalue weighted by molar-refractivity contribution is 5.77. The van der Waals surface area contributed by atoms with Crippen LogP contribution < -0.4 is 5.32 Å². The van der Waals surface area contributed by atoms with Gasteiger partial charge in [-0.25, -0.2) is 0 Å². The van der Waals surface area contributed by atoms with Crippen molar-refractivity contribution in [2.45, 2.75) is 32.4 Å². The fourth-order valence-electron chi connectivity index (χ4n) is 1.86. The zero-order valence-electron chi connectivity index (χ0n) is 11.3. The predicted octanol–water partition coefficient (Wildman–Crippen LogP) is 3.51. The second-order valence-electron chi connectivity index (χ2n) is 4.58. The number of benzene rings is 1. The van der Waals surface area contributed by atoms with E-state index in [0.717, 1.165) is 23.2 Å². The Morgan fingerprint density at radius 1 is 1.33 bits per heavy atom. The van der Waals surface area contributed by atoms with E-state index in [2.05, 4.69) is 31.3 Å². The molecule has 1 heterocycles. The molecule has 2 unspecified atom stereocenters. The van der Waals surface area contributed by atoms with Crippen LogP contribution in [0, 0.1) is 0 Å². The molecule has 3 nitrogen and oxygen atoms in total. The molecule has 0 aliphatic carbocycles. The molecule has 0 aliphatic rings.